The number of nitrogens with zero attached hydrogens (tertiary/aromatic N) is 2. The third kappa shape index (κ3) is 3.20. The fourth-order valence-corrected chi connectivity index (χ4v) is 3.29. The molecular weight excluding hydrogens is 254 g/mol. The van der Waals surface area contributed by atoms with E-state index in [0.29, 0.717) is 18.4 Å². The fraction of sp³-hybridized carbons (Fsp3) is 0.867. The summed E-state index contributed by atoms with van der Waals surface area (Å²) < 4.78 is 11.0. The molecule has 0 radical (unpaired) electrons. The van der Waals surface area contributed by atoms with Gasteiger partial charge in [0.05, 0.1) is 12.5 Å². The van der Waals surface area contributed by atoms with E-state index >= 15 is 0 Å². The molecule has 1 aliphatic heterocycles. The van der Waals surface area contributed by atoms with E-state index in [4.69, 9.17) is 15.0 Å². The maximum Gasteiger partial charge on any atom is 0.233 e. The zero-order chi connectivity index (χ0) is 13.8. The maximum atomic E-state index is 6.14. The molecule has 0 bridgehead atoms. The van der Waals surface area contributed by atoms with Crippen LogP contribution in [0.4, 0.5) is 0 Å². The smallest absolute Gasteiger partial charge is 0.233 e. The topological polar surface area (TPSA) is 74.2 Å². The van der Waals surface area contributed by atoms with Gasteiger partial charge in [0.15, 0.2) is 5.82 Å². The number of hydrogen-bond donors (Lipinski definition) is 1. The van der Waals surface area contributed by atoms with Crippen LogP contribution in [0.1, 0.15) is 74.9 Å². The molecule has 1 aromatic heterocycles. The van der Waals surface area contributed by atoms with Gasteiger partial charge >= 0.3 is 0 Å². The molecule has 1 saturated carbocycles. The number of nitrogens with two attached hydrogens (primary N) is 1. The molecule has 3 rings (SSSR count). The van der Waals surface area contributed by atoms with Gasteiger partial charge in [0.25, 0.3) is 0 Å². The van der Waals surface area contributed by atoms with Crippen molar-refractivity contribution in [1.29, 1.82) is 0 Å². The molecule has 1 saturated heterocycles. The highest BCUT2D eigenvalue weighted by atomic mass is 16.5. The van der Waals surface area contributed by atoms with Gasteiger partial charge in [-0.25, -0.2) is 0 Å². The van der Waals surface area contributed by atoms with E-state index < -0.39 is 0 Å². The first-order valence-corrected chi connectivity index (χ1v) is 8.01. The van der Waals surface area contributed by atoms with Crippen molar-refractivity contribution >= 4 is 0 Å². The van der Waals surface area contributed by atoms with Crippen molar-refractivity contribution in [2.75, 3.05) is 13.2 Å². The van der Waals surface area contributed by atoms with Gasteiger partial charge in [-0.3, -0.25) is 0 Å². The Kier molecular flexibility index (Phi) is 4.68. The van der Waals surface area contributed by atoms with Crippen LogP contribution in [-0.2, 0) is 4.74 Å². The zero-order valence-electron chi connectivity index (χ0n) is 12.1. The lowest BCUT2D eigenvalue weighted by Gasteiger charge is -2.25. The highest BCUT2D eigenvalue weighted by Gasteiger charge is 2.30. The lowest BCUT2D eigenvalue weighted by Crippen LogP contribution is -2.37. The Balaban J connectivity index is 1.68. The van der Waals surface area contributed by atoms with E-state index in [2.05, 4.69) is 10.1 Å². The lowest BCUT2D eigenvalue weighted by molar-refractivity contribution is 0.0590. The molecule has 0 spiro atoms. The molecule has 2 unspecified atom stereocenters. The van der Waals surface area contributed by atoms with Crippen LogP contribution in [-0.4, -0.2) is 29.4 Å². The molecule has 2 fully saturated rings. The number of aromatic nitrogens is 2. The largest absolute Gasteiger partial charge is 0.381 e. The van der Waals surface area contributed by atoms with Crippen LogP contribution in [0, 0.1) is 0 Å². The Hall–Kier alpha value is -0.940. The monoisotopic (exact) mass is 279 g/mol. The molecule has 1 aromatic rings. The van der Waals surface area contributed by atoms with Gasteiger partial charge in [-0.15, -0.1) is 0 Å². The summed E-state index contributed by atoms with van der Waals surface area (Å²) in [4.78, 5) is 4.64. The Morgan fingerprint density at radius 3 is 2.50 bits per heavy atom. The van der Waals surface area contributed by atoms with Gasteiger partial charge in [-0.1, -0.05) is 37.3 Å². The summed E-state index contributed by atoms with van der Waals surface area (Å²) in [6.07, 6.45) is 9.84. The molecule has 2 aliphatic rings. The summed E-state index contributed by atoms with van der Waals surface area (Å²) in [7, 11) is 0. The molecule has 112 valence electrons. The van der Waals surface area contributed by atoms with Gasteiger partial charge in [-0.05, 0) is 19.3 Å². The third-order valence-electron chi connectivity index (χ3n) is 4.65. The molecule has 20 heavy (non-hydrogen) atoms. The van der Waals surface area contributed by atoms with Crippen molar-refractivity contribution in [3.05, 3.63) is 11.7 Å². The summed E-state index contributed by atoms with van der Waals surface area (Å²) >= 11 is 0. The zero-order valence-corrected chi connectivity index (χ0v) is 12.1. The summed E-state index contributed by atoms with van der Waals surface area (Å²) in [5.74, 6) is 2.10. The van der Waals surface area contributed by atoms with Gasteiger partial charge < -0.3 is 15.0 Å². The fourth-order valence-electron chi connectivity index (χ4n) is 3.29. The Morgan fingerprint density at radius 2 is 1.75 bits per heavy atom. The lowest BCUT2D eigenvalue weighted by atomic mass is 9.90. The number of rotatable bonds is 2. The van der Waals surface area contributed by atoms with Gasteiger partial charge in [0.2, 0.25) is 5.89 Å². The van der Waals surface area contributed by atoms with E-state index in [1.54, 1.807) is 0 Å². The molecular formula is C15H25N3O2. The quantitative estimate of drug-likeness (QED) is 0.901. The van der Waals surface area contributed by atoms with E-state index in [-0.39, 0.29) is 12.0 Å². The van der Waals surface area contributed by atoms with Crippen LogP contribution < -0.4 is 5.73 Å². The molecule has 5 heteroatoms. The van der Waals surface area contributed by atoms with Crippen molar-refractivity contribution in [1.82, 2.24) is 10.1 Å². The van der Waals surface area contributed by atoms with Gasteiger partial charge in [0, 0.05) is 18.6 Å². The molecule has 1 aliphatic carbocycles. The van der Waals surface area contributed by atoms with Crippen LogP contribution in [0.25, 0.3) is 0 Å². The minimum absolute atomic E-state index is 0.0681. The first kappa shape index (κ1) is 14.0. The summed E-state index contributed by atoms with van der Waals surface area (Å²) in [6.45, 7) is 1.34. The summed E-state index contributed by atoms with van der Waals surface area (Å²) in [5.41, 5.74) is 6.14. The summed E-state index contributed by atoms with van der Waals surface area (Å²) in [6, 6.07) is 0.0781. The number of hydrogen-bond acceptors (Lipinski definition) is 5. The predicted molar refractivity (Wildman–Crippen MR) is 75.5 cm³/mol. The first-order valence-electron chi connectivity index (χ1n) is 8.01. The highest BCUT2D eigenvalue weighted by Crippen LogP contribution is 2.31. The molecule has 2 N–H and O–H groups in total. The average molecular weight is 279 g/mol. The molecule has 0 amide bonds. The van der Waals surface area contributed by atoms with Crippen molar-refractivity contribution in [2.24, 2.45) is 5.73 Å². The van der Waals surface area contributed by atoms with Crippen molar-refractivity contribution in [3.8, 4) is 0 Å². The minimum Gasteiger partial charge on any atom is -0.381 e. The molecule has 2 atom stereocenters. The van der Waals surface area contributed by atoms with E-state index in [9.17, 15) is 0 Å². The second kappa shape index (κ2) is 6.68. The van der Waals surface area contributed by atoms with Crippen LogP contribution in [0.5, 0.6) is 0 Å². The first-order chi connectivity index (χ1) is 9.84. The Bertz CT molecular complexity index is 413. The van der Waals surface area contributed by atoms with Crippen LogP contribution >= 0.6 is 0 Å². The SMILES string of the molecule is NC1CCOCC1c1nc(C2CCCCCCC2)no1. The van der Waals surface area contributed by atoms with E-state index in [0.717, 1.165) is 18.9 Å². The predicted octanol–water partition coefficient (Wildman–Crippen LogP) is 2.73. The summed E-state index contributed by atoms with van der Waals surface area (Å²) in [5, 5.41) is 4.22. The Morgan fingerprint density at radius 1 is 1.00 bits per heavy atom. The Labute approximate surface area is 120 Å². The maximum absolute atomic E-state index is 6.14. The van der Waals surface area contributed by atoms with Crippen molar-refractivity contribution in [2.45, 2.75) is 69.2 Å². The van der Waals surface area contributed by atoms with Gasteiger partial charge in [-0.2, -0.15) is 4.98 Å². The van der Waals surface area contributed by atoms with Crippen LogP contribution in [0.3, 0.4) is 0 Å². The second-order valence-corrected chi connectivity index (χ2v) is 6.17. The van der Waals surface area contributed by atoms with Crippen LogP contribution in [0.15, 0.2) is 4.52 Å². The minimum atomic E-state index is 0.0681. The van der Waals surface area contributed by atoms with E-state index in [1.165, 1.54) is 44.9 Å². The molecule has 2 heterocycles. The second-order valence-electron chi connectivity index (χ2n) is 6.17. The van der Waals surface area contributed by atoms with Crippen molar-refractivity contribution in [3.63, 3.8) is 0 Å². The van der Waals surface area contributed by atoms with Crippen molar-refractivity contribution < 1.29 is 9.26 Å². The highest BCUT2D eigenvalue weighted by molar-refractivity contribution is 5.03. The van der Waals surface area contributed by atoms with Gasteiger partial charge in [0.1, 0.15) is 0 Å². The standard InChI is InChI=1S/C15H25N3O2/c16-13-8-9-19-10-12(13)15-17-14(18-20-15)11-6-4-2-1-3-5-7-11/h11-13H,1-10,16H2. The third-order valence-corrected chi connectivity index (χ3v) is 4.65. The van der Waals surface area contributed by atoms with Crippen LogP contribution in [0.2, 0.25) is 0 Å². The van der Waals surface area contributed by atoms with E-state index in [1.807, 2.05) is 0 Å². The number of ether oxygens (including phenoxy) is 1. The molecule has 5 nitrogen and oxygen atoms in total. The average Bonchev–Trinajstić information content (AvgIpc) is 2.88. The normalized spacial score (nSPS) is 29.9. The molecule has 0 aromatic carbocycles.